The van der Waals surface area contributed by atoms with E-state index in [-0.39, 0.29) is 19.0 Å². The van der Waals surface area contributed by atoms with Gasteiger partial charge in [0.05, 0.1) is 0 Å². The molecule has 2 aromatic rings. The summed E-state index contributed by atoms with van der Waals surface area (Å²) in [5.74, 6) is 2.54. The Morgan fingerprint density at radius 2 is 1.76 bits per heavy atom. The summed E-state index contributed by atoms with van der Waals surface area (Å²) in [5.41, 5.74) is 2.98. The van der Waals surface area contributed by atoms with Crippen LogP contribution >= 0.6 is 0 Å². The second kappa shape index (κ2) is 10.3. The van der Waals surface area contributed by atoms with Crippen molar-refractivity contribution in [3.05, 3.63) is 46.6 Å². The molecule has 2 aliphatic heterocycles. The van der Waals surface area contributed by atoms with Gasteiger partial charge in [0.15, 0.2) is 0 Å². The van der Waals surface area contributed by atoms with Crippen LogP contribution in [0.3, 0.4) is 0 Å². The molecule has 2 N–H and O–H groups in total. The summed E-state index contributed by atoms with van der Waals surface area (Å²) in [4.78, 5) is 27.2. The van der Waals surface area contributed by atoms with E-state index in [9.17, 15) is 13.2 Å². The van der Waals surface area contributed by atoms with E-state index < -0.39 is 15.6 Å². The molecule has 10 heteroatoms. The number of rotatable bonds is 6. The summed E-state index contributed by atoms with van der Waals surface area (Å²) < 4.78 is 27.9. The van der Waals surface area contributed by atoms with Gasteiger partial charge < -0.3 is 15.2 Å². The van der Waals surface area contributed by atoms with Crippen LogP contribution in [0.1, 0.15) is 62.1 Å². The van der Waals surface area contributed by atoms with Gasteiger partial charge in [-0.05, 0) is 80.3 Å². The smallest absolute Gasteiger partial charge is 0.253 e. The number of benzene rings is 1. The number of piperidine rings is 1. The third kappa shape index (κ3) is 5.16. The van der Waals surface area contributed by atoms with Gasteiger partial charge in [0.1, 0.15) is 11.4 Å². The van der Waals surface area contributed by atoms with Crippen molar-refractivity contribution in [2.24, 2.45) is 16.8 Å². The molecule has 1 aliphatic carbocycles. The molecule has 0 radical (unpaired) electrons. The zero-order valence-electron chi connectivity index (χ0n) is 22.7. The van der Waals surface area contributed by atoms with Gasteiger partial charge in [-0.3, -0.25) is 9.79 Å². The monoisotopic (exact) mass is 538 g/mol. The van der Waals surface area contributed by atoms with Gasteiger partial charge in [-0.1, -0.05) is 19.8 Å². The van der Waals surface area contributed by atoms with Crippen LogP contribution in [0.4, 0.5) is 11.6 Å². The van der Waals surface area contributed by atoms with Gasteiger partial charge in [-0.2, -0.15) is 4.31 Å². The minimum Gasteiger partial charge on any atom is -0.331 e. The number of aromatic nitrogens is 2. The summed E-state index contributed by atoms with van der Waals surface area (Å²) in [7, 11) is -1.70. The van der Waals surface area contributed by atoms with E-state index >= 15 is 0 Å². The average molecular weight is 539 g/mol. The highest BCUT2D eigenvalue weighted by Gasteiger charge is 2.48. The maximum absolute atomic E-state index is 13.2. The first-order valence-corrected chi connectivity index (χ1v) is 15.0. The number of amidine groups is 1. The van der Waals surface area contributed by atoms with E-state index in [0.29, 0.717) is 18.8 Å². The molecule has 1 aromatic carbocycles. The molecule has 0 bridgehead atoms. The van der Waals surface area contributed by atoms with Gasteiger partial charge in [0, 0.05) is 49.5 Å². The van der Waals surface area contributed by atoms with Crippen molar-refractivity contribution >= 4 is 39.5 Å². The number of H-pyrrole nitrogens is 1. The lowest BCUT2D eigenvalue weighted by Crippen LogP contribution is -2.50. The molecule has 3 heterocycles. The number of carbonyl (C=O) groups excluding carboxylic acids is 1. The highest BCUT2D eigenvalue weighted by molar-refractivity contribution is 7.92. The number of hydrogen-bond donors (Lipinski definition) is 2. The largest absolute Gasteiger partial charge is 0.331 e. The van der Waals surface area contributed by atoms with Crippen molar-refractivity contribution < 1.29 is 13.2 Å². The first kappa shape index (κ1) is 26.6. The standard InChI is InChI=1S/C28H38N6O3S/c1-19-5-7-22(8-6-19)25-31-26(35)28(32-25)10-14-34(15-11-28)38(36,37)16-9-24-20(2)17-23(18-21(24)3)33(4)27-29-12-13-30-27/h9,12-13,16-19,22H,5-8,10-11,14-15H2,1-4H3,(H,29,30)(H,31,32,35). The summed E-state index contributed by atoms with van der Waals surface area (Å²) in [6, 6.07) is 4.04. The van der Waals surface area contributed by atoms with Crippen LogP contribution in [-0.4, -0.2) is 60.1 Å². The number of anilines is 2. The van der Waals surface area contributed by atoms with Crippen LogP contribution in [0.2, 0.25) is 0 Å². The fourth-order valence-electron chi connectivity index (χ4n) is 5.93. The Balaban J connectivity index is 1.26. The van der Waals surface area contributed by atoms with E-state index in [1.807, 2.05) is 37.9 Å². The van der Waals surface area contributed by atoms with Gasteiger partial charge in [-0.25, -0.2) is 13.4 Å². The van der Waals surface area contributed by atoms with E-state index in [0.717, 1.165) is 65.8 Å². The summed E-state index contributed by atoms with van der Waals surface area (Å²) in [6.45, 7) is 6.79. The Morgan fingerprint density at radius 3 is 2.37 bits per heavy atom. The van der Waals surface area contributed by atoms with Crippen molar-refractivity contribution in [1.82, 2.24) is 19.6 Å². The van der Waals surface area contributed by atoms with Gasteiger partial charge in [0.2, 0.25) is 16.0 Å². The summed E-state index contributed by atoms with van der Waals surface area (Å²) >= 11 is 0. The predicted octanol–water partition coefficient (Wildman–Crippen LogP) is 4.28. The molecule has 5 rings (SSSR count). The molecule has 2 fully saturated rings. The summed E-state index contributed by atoms with van der Waals surface area (Å²) in [5, 5.41) is 4.35. The van der Waals surface area contributed by atoms with Crippen molar-refractivity contribution in [2.75, 3.05) is 25.0 Å². The molecular weight excluding hydrogens is 500 g/mol. The van der Waals surface area contributed by atoms with Crippen molar-refractivity contribution in [3.63, 3.8) is 0 Å². The van der Waals surface area contributed by atoms with Gasteiger partial charge in [-0.15, -0.1) is 0 Å². The van der Waals surface area contributed by atoms with Gasteiger partial charge >= 0.3 is 0 Å². The molecule has 1 amide bonds. The molecule has 38 heavy (non-hydrogen) atoms. The molecule has 0 unspecified atom stereocenters. The van der Waals surface area contributed by atoms with Crippen molar-refractivity contribution in [3.8, 4) is 0 Å². The molecular formula is C28H38N6O3S. The number of aryl methyl sites for hydroxylation is 2. The molecule has 204 valence electrons. The second-order valence-corrected chi connectivity index (χ2v) is 13.0. The first-order chi connectivity index (χ1) is 18.1. The number of hydrogen-bond acceptors (Lipinski definition) is 6. The maximum atomic E-state index is 13.2. The third-order valence-electron chi connectivity index (χ3n) is 8.48. The lowest BCUT2D eigenvalue weighted by Gasteiger charge is -2.34. The Bertz CT molecular complexity index is 1330. The quantitative estimate of drug-likeness (QED) is 0.570. The van der Waals surface area contributed by atoms with Crippen LogP contribution in [0.25, 0.3) is 6.08 Å². The highest BCUT2D eigenvalue weighted by Crippen LogP contribution is 2.36. The molecule has 1 aromatic heterocycles. The van der Waals surface area contributed by atoms with Crippen LogP contribution < -0.4 is 10.2 Å². The van der Waals surface area contributed by atoms with E-state index in [1.54, 1.807) is 18.5 Å². The Kier molecular flexibility index (Phi) is 7.21. The fourth-order valence-corrected chi connectivity index (χ4v) is 7.10. The average Bonchev–Trinajstić information content (AvgIpc) is 3.53. The Morgan fingerprint density at radius 1 is 1.11 bits per heavy atom. The number of aliphatic imine (C=N–C) groups is 1. The minimum atomic E-state index is -3.63. The SMILES string of the molecule is Cc1cc(N(C)c2ncc[nH]2)cc(C)c1C=CS(=O)(=O)N1CCC2(CC1)N=C(C1CCC(C)CC1)NC2=O. The second-order valence-electron chi connectivity index (χ2n) is 11.2. The zero-order valence-corrected chi connectivity index (χ0v) is 23.5. The summed E-state index contributed by atoms with van der Waals surface area (Å²) in [6.07, 6.45) is 10.4. The topological polar surface area (TPSA) is 111 Å². The minimum absolute atomic E-state index is 0.0652. The normalized spacial score (nSPS) is 24.1. The maximum Gasteiger partial charge on any atom is 0.253 e. The lowest BCUT2D eigenvalue weighted by atomic mass is 9.82. The van der Waals surface area contributed by atoms with E-state index in [1.165, 1.54) is 9.71 Å². The predicted molar refractivity (Wildman–Crippen MR) is 151 cm³/mol. The molecule has 1 spiro atoms. The molecule has 0 atom stereocenters. The third-order valence-corrected chi connectivity index (χ3v) is 10.0. The Labute approximate surface area is 225 Å². The van der Waals surface area contributed by atoms with Crippen LogP contribution in [-0.2, 0) is 14.8 Å². The molecule has 3 aliphatic rings. The number of nitrogens with zero attached hydrogens (tertiary/aromatic N) is 4. The first-order valence-electron chi connectivity index (χ1n) is 13.5. The number of amides is 1. The number of sulfonamides is 1. The fraction of sp³-hybridized carbons (Fsp3) is 0.536. The van der Waals surface area contributed by atoms with Crippen LogP contribution in [0.15, 0.2) is 34.9 Å². The van der Waals surface area contributed by atoms with Crippen LogP contribution in [0.5, 0.6) is 0 Å². The van der Waals surface area contributed by atoms with Crippen LogP contribution in [0, 0.1) is 25.7 Å². The highest BCUT2D eigenvalue weighted by atomic mass is 32.2. The van der Waals surface area contributed by atoms with E-state index in [4.69, 9.17) is 4.99 Å². The lowest BCUT2D eigenvalue weighted by molar-refractivity contribution is -0.125. The molecule has 1 saturated heterocycles. The number of aromatic amines is 1. The van der Waals surface area contributed by atoms with Crippen molar-refractivity contribution in [1.29, 1.82) is 0 Å². The van der Waals surface area contributed by atoms with E-state index in [2.05, 4.69) is 22.2 Å². The Hall–Kier alpha value is -2.98. The number of nitrogens with one attached hydrogen (secondary N) is 2. The number of imidazole rings is 1. The zero-order chi connectivity index (χ0) is 27.1. The number of carbonyl (C=O) groups is 1. The van der Waals surface area contributed by atoms with Gasteiger partial charge in [0.25, 0.3) is 5.91 Å². The molecule has 1 saturated carbocycles. The molecule has 9 nitrogen and oxygen atoms in total. The van der Waals surface area contributed by atoms with Crippen molar-refractivity contribution in [2.45, 2.75) is 64.8 Å².